The van der Waals surface area contributed by atoms with Crippen molar-refractivity contribution in [1.29, 1.82) is 0 Å². The average molecular weight is 331 g/mol. The third-order valence-electron chi connectivity index (χ3n) is 3.77. The fourth-order valence-corrected chi connectivity index (χ4v) is 2.63. The van der Waals surface area contributed by atoms with Crippen LogP contribution in [0.1, 0.15) is 30.1 Å². The van der Waals surface area contributed by atoms with Gasteiger partial charge in [-0.05, 0) is 18.1 Å². The molecular weight excluding hydrogens is 311 g/mol. The molecule has 0 unspecified atom stereocenters. The molecule has 1 aliphatic rings. The average Bonchev–Trinajstić information content (AvgIpc) is 2.54. The molecule has 0 aliphatic carbocycles. The Kier molecular flexibility index (Phi) is 6.01. The van der Waals surface area contributed by atoms with Gasteiger partial charge in [-0.15, -0.1) is 0 Å². The van der Waals surface area contributed by atoms with Crippen LogP contribution in [0.3, 0.4) is 0 Å². The zero-order valence-corrected chi connectivity index (χ0v) is 12.9. The number of carbonyl (C=O) groups excluding carboxylic acids is 1. The maximum absolute atomic E-state index is 13.1. The van der Waals surface area contributed by atoms with Crippen molar-refractivity contribution in [2.24, 2.45) is 0 Å². The van der Waals surface area contributed by atoms with Crippen molar-refractivity contribution in [1.82, 2.24) is 4.90 Å². The van der Waals surface area contributed by atoms with Crippen molar-refractivity contribution in [2.75, 3.05) is 33.4 Å². The summed E-state index contributed by atoms with van der Waals surface area (Å²) in [5.74, 6) is -0.0835. The van der Waals surface area contributed by atoms with E-state index in [1.54, 1.807) is 18.1 Å². The van der Waals surface area contributed by atoms with Gasteiger partial charge in [0.25, 0.3) is 0 Å². The lowest BCUT2D eigenvalue weighted by Gasteiger charge is -2.34. The minimum absolute atomic E-state index is 0.0781. The van der Waals surface area contributed by atoms with Crippen molar-refractivity contribution >= 4 is 5.91 Å². The number of rotatable bonds is 5. The summed E-state index contributed by atoms with van der Waals surface area (Å²) in [4.78, 5) is 13.7. The Morgan fingerprint density at radius 3 is 2.83 bits per heavy atom. The molecule has 1 aliphatic heterocycles. The number of halogens is 3. The normalized spacial score (nSPS) is 19.0. The molecule has 4 nitrogen and oxygen atoms in total. The van der Waals surface area contributed by atoms with E-state index < -0.39 is 17.8 Å². The third-order valence-corrected chi connectivity index (χ3v) is 3.77. The molecule has 1 saturated heterocycles. The Labute approximate surface area is 133 Å². The largest absolute Gasteiger partial charge is 0.416 e. The predicted molar refractivity (Wildman–Crippen MR) is 77.8 cm³/mol. The molecule has 0 N–H and O–H groups in total. The molecule has 1 atom stereocenters. The summed E-state index contributed by atoms with van der Waals surface area (Å²) in [5, 5.41) is 0. The molecule has 1 aromatic rings. The zero-order chi connectivity index (χ0) is 16.9. The van der Waals surface area contributed by atoms with Gasteiger partial charge in [0.1, 0.15) is 6.10 Å². The molecule has 1 amide bonds. The van der Waals surface area contributed by atoms with Gasteiger partial charge in [0.05, 0.1) is 18.7 Å². The summed E-state index contributed by atoms with van der Waals surface area (Å²) in [6.07, 6.45) is -4.28. The van der Waals surface area contributed by atoms with Crippen LogP contribution in [-0.2, 0) is 20.4 Å². The number of hydrogen-bond acceptors (Lipinski definition) is 3. The van der Waals surface area contributed by atoms with E-state index in [0.717, 1.165) is 6.07 Å². The SMILES string of the molecule is COCCCC(=O)N1CCO[C@@H](c2ccccc2C(F)(F)F)C1. The van der Waals surface area contributed by atoms with Gasteiger partial charge in [-0.1, -0.05) is 18.2 Å². The standard InChI is InChI=1S/C16H20F3NO3/c1-22-9-4-7-15(21)20-8-10-23-14(11-20)12-5-2-3-6-13(12)16(17,18)19/h2-3,5-6,14H,4,7-11H2,1H3/t14-/m1/s1. The lowest BCUT2D eigenvalue weighted by molar-refractivity contribution is -0.143. The number of amides is 1. The van der Waals surface area contributed by atoms with Crippen molar-refractivity contribution in [2.45, 2.75) is 25.1 Å². The zero-order valence-electron chi connectivity index (χ0n) is 12.9. The summed E-state index contributed by atoms with van der Waals surface area (Å²) in [6, 6.07) is 5.35. The Hall–Kier alpha value is -1.60. The second-order valence-electron chi connectivity index (χ2n) is 5.38. The molecule has 0 aromatic heterocycles. The van der Waals surface area contributed by atoms with E-state index in [4.69, 9.17) is 9.47 Å². The van der Waals surface area contributed by atoms with Crippen LogP contribution >= 0.6 is 0 Å². The molecule has 1 fully saturated rings. The maximum Gasteiger partial charge on any atom is 0.416 e. The van der Waals surface area contributed by atoms with Crippen molar-refractivity contribution in [3.05, 3.63) is 35.4 Å². The van der Waals surface area contributed by atoms with Crippen LogP contribution < -0.4 is 0 Å². The fraction of sp³-hybridized carbons (Fsp3) is 0.562. The molecule has 0 radical (unpaired) electrons. The van der Waals surface area contributed by atoms with Gasteiger partial charge in [-0.2, -0.15) is 13.2 Å². The molecule has 1 aromatic carbocycles. The summed E-state index contributed by atoms with van der Waals surface area (Å²) >= 11 is 0. The molecule has 0 saturated carbocycles. The van der Waals surface area contributed by atoms with Gasteiger partial charge in [-0.25, -0.2) is 0 Å². The molecular formula is C16H20F3NO3. The molecule has 7 heteroatoms. The van der Waals surface area contributed by atoms with Crippen molar-refractivity contribution < 1.29 is 27.4 Å². The molecule has 23 heavy (non-hydrogen) atoms. The highest BCUT2D eigenvalue weighted by molar-refractivity contribution is 5.76. The minimum Gasteiger partial charge on any atom is -0.385 e. The van der Waals surface area contributed by atoms with Gasteiger partial charge >= 0.3 is 6.18 Å². The quantitative estimate of drug-likeness (QED) is 0.779. The second-order valence-corrected chi connectivity index (χ2v) is 5.38. The lowest BCUT2D eigenvalue weighted by Crippen LogP contribution is -2.42. The Morgan fingerprint density at radius 1 is 1.39 bits per heavy atom. The van der Waals surface area contributed by atoms with Crippen LogP contribution in [-0.4, -0.2) is 44.2 Å². The van der Waals surface area contributed by atoms with Gasteiger partial charge in [0.2, 0.25) is 5.91 Å². The number of alkyl halides is 3. The number of nitrogens with zero attached hydrogens (tertiary/aromatic N) is 1. The van der Waals surface area contributed by atoms with E-state index in [9.17, 15) is 18.0 Å². The Bertz CT molecular complexity index is 534. The highest BCUT2D eigenvalue weighted by atomic mass is 19.4. The second kappa shape index (κ2) is 7.79. The van der Waals surface area contributed by atoms with Crippen molar-refractivity contribution in [3.63, 3.8) is 0 Å². The highest BCUT2D eigenvalue weighted by Gasteiger charge is 2.36. The van der Waals surface area contributed by atoms with Crippen LogP contribution in [0.4, 0.5) is 13.2 Å². The number of hydrogen-bond donors (Lipinski definition) is 0. The molecule has 2 rings (SSSR count). The Morgan fingerprint density at radius 2 is 2.13 bits per heavy atom. The smallest absolute Gasteiger partial charge is 0.385 e. The van der Waals surface area contributed by atoms with E-state index >= 15 is 0 Å². The topological polar surface area (TPSA) is 38.8 Å². The van der Waals surface area contributed by atoms with Crippen LogP contribution in [0.25, 0.3) is 0 Å². The van der Waals surface area contributed by atoms with E-state index in [2.05, 4.69) is 0 Å². The summed E-state index contributed by atoms with van der Waals surface area (Å²) in [7, 11) is 1.56. The minimum atomic E-state index is -4.44. The predicted octanol–water partition coefficient (Wildman–Crippen LogP) is 3.03. The van der Waals surface area contributed by atoms with Gasteiger partial charge < -0.3 is 14.4 Å². The number of carbonyl (C=O) groups is 1. The number of ether oxygens (including phenoxy) is 2. The van der Waals surface area contributed by atoms with E-state index in [0.29, 0.717) is 26.0 Å². The third kappa shape index (κ3) is 4.68. The van der Waals surface area contributed by atoms with Crippen LogP contribution in [0.2, 0.25) is 0 Å². The first-order valence-electron chi connectivity index (χ1n) is 7.48. The monoisotopic (exact) mass is 331 g/mol. The van der Waals surface area contributed by atoms with Crippen LogP contribution in [0, 0.1) is 0 Å². The molecule has 128 valence electrons. The summed E-state index contributed by atoms with van der Waals surface area (Å²) in [5.41, 5.74) is -0.631. The lowest BCUT2D eigenvalue weighted by atomic mass is 10.0. The first-order chi connectivity index (χ1) is 10.9. The summed E-state index contributed by atoms with van der Waals surface area (Å²) in [6.45, 7) is 1.25. The van der Waals surface area contributed by atoms with Crippen LogP contribution in [0.15, 0.2) is 24.3 Å². The van der Waals surface area contributed by atoms with E-state index in [1.165, 1.54) is 12.1 Å². The van der Waals surface area contributed by atoms with Crippen LogP contribution in [0.5, 0.6) is 0 Å². The summed E-state index contributed by atoms with van der Waals surface area (Å²) < 4.78 is 49.7. The van der Waals surface area contributed by atoms with Gasteiger partial charge in [0, 0.05) is 26.7 Å². The number of morpholine rings is 1. The molecule has 0 spiro atoms. The van der Waals surface area contributed by atoms with Gasteiger partial charge in [-0.3, -0.25) is 4.79 Å². The maximum atomic E-state index is 13.1. The first-order valence-corrected chi connectivity index (χ1v) is 7.48. The van der Waals surface area contributed by atoms with E-state index in [-0.39, 0.29) is 24.6 Å². The number of methoxy groups -OCH3 is 1. The van der Waals surface area contributed by atoms with Gasteiger partial charge in [0.15, 0.2) is 0 Å². The van der Waals surface area contributed by atoms with E-state index in [1.807, 2.05) is 0 Å². The molecule has 0 bridgehead atoms. The Balaban J connectivity index is 2.08. The first kappa shape index (κ1) is 17.7. The fourth-order valence-electron chi connectivity index (χ4n) is 2.63. The van der Waals surface area contributed by atoms with Crippen molar-refractivity contribution in [3.8, 4) is 0 Å². The number of benzene rings is 1. The molecule has 1 heterocycles. The highest BCUT2D eigenvalue weighted by Crippen LogP contribution is 2.36.